The number of rotatable bonds is 5. The van der Waals surface area contributed by atoms with E-state index in [2.05, 4.69) is 5.32 Å². The summed E-state index contributed by atoms with van der Waals surface area (Å²) in [5, 5.41) is 3.96. The first-order valence-corrected chi connectivity index (χ1v) is 7.09. The lowest BCUT2D eigenvalue weighted by Crippen LogP contribution is -2.22. The Bertz CT molecular complexity index is 698. The summed E-state index contributed by atoms with van der Waals surface area (Å²) in [5.41, 5.74) is 2.03. The molecule has 1 aromatic heterocycles. The van der Waals surface area contributed by atoms with Gasteiger partial charge < -0.3 is 9.73 Å². The number of aryl methyl sites for hydroxylation is 1. The van der Waals surface area contributed by atoms with Gasteiger partial charge in [-0.3, -0.25) is 4.79 Å². The molecule has 3 nitrogen and oxygen atoms in total. The summed E-state index contributed by atoms with van der Waals surface area (Å²) in [6.45, 7) is 0.433. The Balaban J connectivity index is 1.51. The molecular weight excluding hydrogens is 262 g/mol. The van der Waals surface area contributed by atoms with Gasteiger partial charge in [0.2, 0.25) is 5.91 Å². The lowest BCUT2D eigenvalue weighted by atomic mass is 10.1. The first kappa shape index (κ1) is 13.4. The van der Waals surface area contributed by atoms with Crippen LogP contribution in [-0.2, 0) is 17.8 Å². The number of carbonyl (C=O) groups excluding carboxylic acids is 1. The fourth-order valence-corrected chi connectivity index (χ4v) is 2.30. The summed E-state index contributed by atoms with van der Waals surface area (Å²) in [6.07, 6.45) is 1.25. The van der Waals surface area contributed by atoms with Crippen LogP contribution in [0.15, 0.2) is 65.1 Å². The fraction of sp³-hybridized carbons (Fsp3) is 0.167. The average molecular weight is 279 g/mol. The van der Waals surface area contributed by atoms with Crippen molar-refractivity contribution in [3.63, 3.8) is 0 Å². The smallest absolute Gasteiger partial charge is 0.220 e. The van der Waals surface area contributed by atoms with E-state index < -0.39 is 0 Å². The van der Waals surface area contributed by atoms with Crippen LogP contribution >= 0.6 is 0 Å². The maximum absolute atomic E-state index is 11.9. The summed E-state index contributed by atoms with van der Waals surface area (Å²) in [6, 6.07) is 19.8. The predicted octanol–water partition coefficient (Wildman–Crippen LogP) is 3.68. The second-order valence-electron chi connectivity index (χ2n) is 5.01. The van der Waals surface area contributed by atoms with E-state index in [9.17, 15) is 4.79 Å². The molecule has 21 heavy (non-hydrogen) atoms. The van der Waals surface area contributed by atoms with Crippen molar-refractivity contribution in [3.05, 3.63) is 72.0 Å². The Labute approximate surface area is 123 Å². The maximum atomic E-state index is 11.9. The minimum absolute atomic E-state index is 0.0410. The Kier molecular flexibility index (Phi) is 4.01. The molecule has 2 aromatic carbocycles. The molecule has 0 aliphatic heterocycles. The van der Waals surface area contributed by atoms with E-state index in [4.69, 9.17) is 4.42 Å². The number of fused-ring (bicyclic) bond motifs is 1. The van der Waals surface area contributed by atoms with Gasteiger partial charge in [-0.2, -0.15) is 0 Å². The first-order chi connectivity index (χ1) is 10.3. The van der Waals surface area contributed by atoms with E-state index in [0.29, 0.717) is 13.0 Å². The van der Waals surface area contributed by atoms with Crippen LogP contribution in [0, 0.1) is 0 Å². The molecule has 0 aliphatic rings. The normalized spacial score (nSPS) is 10.7. The lowest BCUT2D eigenvalue weighted by molar-refractivity contribution is -0.121. The molecule has 0 aliphatic carbocycles. The minimum atomic E-state index is 0.0410. The highest BCUT2D eigenvalue weighted by Gasteiger charge is 2.06. The van der Waals surface area contributed by atoms with Gasteiger partial charge in [0, 0.05) is 11.8 Å². The standard InChI is InChI=1S/C18H17NO2/c20-18(11-10-14-6-2-1-3-7-14)19-13-16-12-15-8-4-5-9-17(15)21-16/h1-9,12H,10-11,13H2,(H,19,20). The van der Waals surface area contributed by atoms with Gasteiger partial charge in [0.15, 0.2) is 0 Å². The molecule has 0 unspecified atom stereocenters. The third-order valence-corrected chi connectivity index (χ3v) is 3.42. The summed E-state index contributed by atoms with van der Waals surface area (Å²) >= 11 is 0. The van der Waals surface area contributed by atoms with Crippen LogP contribution in [0.5, 0.6) is 0 Å². The van der Waals surface area contributed by atoms with E-state index in [0.717, 1.165) is 23.2 Å². The molecule has 0 saturated carbocycles. The Morgan fingerprint density at radius 2 is 1.76 bits per heavy atom. The van der Waals surface area contributed by atoms with Gasteiger partial charge in [0.05, 0.1) is 6.54 Å². The predicted molar refractivity (Wildman–Crippen MR) is 82.8 cm³/mol. The van der Waals surface area contributed by atoms with Crippen LogP contribution in [0.2, 0.25) is 0 Å². The van der Waals surface area contributed by atoms with Crippen molar-refractivity contribution in [2.75, 3.05) is 0 Å². The number of carbonyl (C=O) groups is 1. The third kappa shape index (κ3) is 3.51. The van der Waals surface area contributed by atoms with Gasteiger partial charge in [-0.05, 0) is 24.1 Å². The number of benzene rings is 2. The Hall–Kier alpha value is -2.55. The molecule has 3 aromatic rings. The zero-order valence-corrected chi connectivity index (χ0v) is 11.7. The van der Waals surface area contributed by atoms with Gasteiger partial charge in [0.25, 0.3) is 0 Å². The zero-order chi connectivity index (χ0) is 14.5. The van der Waals surface area contributed by atoms with Gasteiger partial charge in [-0.1, -0.05) is 48.5 Å². The van der Waals surface area contributed by atoms with Crippen LogP contribution in [-0.4, -0.2) is 5.91 Å². The molecule has 3 rings (SSSR count). The van der Waals surface area contributed by atoms with Crippen molar-refractivity contribution in [2.24, 2.45) is 0 Å². The maximum Gasteiger partial charge on any atom is 0.220 e. The van der Waals surface area contributed by atoms with Crippen molar-refractivity contribution in [3.8, 4) is 0 Å². The minimum Gasteiger partial charge on any atom is -0.459 e. The monoisotopic (exact) mass is 279 g/mol. The van der Waals surface area contributed by atoms with Crippen LogP contribution in [0.1, 0.15) is 17.7 Å². The van der Waals surface area contributed by atoms with Crippen molar-refractivity contribution < 1.29 is 9.21 Å². The SMILES string of the molecule is O=C(CCc1ccccc1)NCc1cc2ccccc2o1. The van der Waals surface area contributed by atoms with E-state index in [1.54, 1.807) is 0 Å². The molecule has 0 fully saturated rings. The van der Waals surface area contributed by atoms with Crippen LogP contribution in [0.3, 0.4) is 0 Å². The Morgan fingerprint density at radius 3 is 2.57 bits per heavy atom. The van der Waals surface area contributed by atoms with E-state index in [-0.39, 0.29) is 5.91 Å². The van der Waals surface area contributed by atoms with Crippen molar-refractivity contribution in [1.82, 2.24) is 5.32 Å². The molecule has 0 saturated heterocycles. The van der Waals surface area contributed by atoms with E-state index in [1.165, 1.54) is 5.56 Å². The zero-order valence-electron chi connectivity index (χ0n) is 11.7. The number of amides is 1. The molecule has 0 bridgehead atoms. The van der Waals surface area contributed by atoms with Crippen LogP contribution in [0.25, 0.3) is 11.0 Å². The Morgan fingerprint density at radius 1 is 1.00 bits per heavy atom. The number of para-hydroxylation sites is 1. The molecule has 1 N–H and O–H groups in total. The first-order valence-electron chi connectivity index (χ1n) is 7.09. The van der Waals surface area contributed by atoms with Gasteiger partial charge in [-0.25, -0.2) is 0 Å². The largest absolute Gasteiger partial charge is 0.459 e. The molecule has 0 radical (unpaired) electrons. The fourth-order valence-electron chi connectivity index (χ4n) is 2.30. The molecule has 0 spiro atoms. The number of hydrogen-bond acceptors (Lipinski definition) is 2. The highest BCUT2D eigenvalue weighted by Crippen LogP contribution is 2.18. The topological polar surface area (TPSA) is 42.2 Å². The molecule has 1 amide bonds. The molecule has 3 heteroatoms. The average Bonchev–Trinajstić information content (AvgIpc) is 2.95. The summed E-state index contributed by atoms with van der Waals surface area (Å²) in [7, 11) is 0. The van der Waals surface area contributed by atoms with Gasteiger partial charge in [0.1, 0.15) is 11.3 Å². The van der Waals surface area contributed by atoms with E-state index >= 15 is 0 Å². The van der Waals surface area contributed by atoms with Crippen LogP contribution < -0.4 is 5.32 Å². The molecular formula is C18H17NO2. The van der Waals surface area contributed by atoms with Gasteiger partial charge >= 0.3 is 0 Å². The number of hydrogen-bond donors (Lipinski definition) is 1. The quantitative estimate of drug-likeness (QED) is 0.774. The summed E-state index contributed by atoms with van der Waals surface area (Å²) in [5.74, 6) is 0.823. The second kappa shape index (κ2) is 6.27. The molecule has 0 atom stereocenters. The number of furan rings is 1. The van der Waals surface area contributed by atoms with Crippen LogP contribution in [0.4, 0.5) is 0 Å². The van der Waals surface area contributed by atoms with E-state index in [1.807, 2.05) is 60.7 Å². The third-order valence-electron chi connectivity index (χ3n) is 3.42. The molecule has 106 valence electrons. The summed E-state index contributed by atoms with van der Waals surface area (Å²) < 4.78 is 5.67. The number of nitrogens with one attached hydrogen (secondary N) is 1. The van der Waals surface area contributed by atoms with Crippen molar-refractivity contribution in [2.45, 2.75) is 19.4 Å². The lowest BCUT2D eigenvalue weighted by Gasteiger charge is -2.03. The van der Waals surface area contributed by atoms with Crippen molar-refractivity contribution >= 4 is 16.9 Å². The summed E-state index contributed by atoms with van der Waals surface area (Å²) in [4.78, 5) is 11.9. The van der Waals surface area contributed by atoms with Gasteiger partial charge in [-0.15, -0.1) is 0 Å². The van der Waals surface area contributed by atoms with Crippen molar-refractivity contribution in [1.29, 1.82) is 0 Å². The molecule has 1 heterocycles. The highest BCUT2D eigenvalue weighted by atomic mass is 16.3. The second-order valence-corrected chi connectivity index (χ2v) is 5.01. The highest BCUT2D eigenvalue weighted by molar-refractivity contribution is 5.78.